The fourth-order valence-corrected chi connectivity index (χ4v) is 1.10. The van der Waals surface area contributed by atoms with E-state index in [4.69, 9.17) is 5.73 Å². The number of rotatable bonds is 6. The Bertz CT molecular complexity index is 126. The van der Waals surface area contributed by atoms with Crippen LogP contribution < -0.4 is 11.1 Å². The summed E-state index contributed by atoms with van der Waals surface area (Å²) in [6, 6.07) is 0.0384. The van der Waals surface area contributed by atoms with Crippen LogP contribution in [-0.4, -0.2) is 19.0 Å². The summed E-state index contributed by atoms with van der Waals surface area (Å²) in [5.41, 5.74) is 5.73. The van der Waals surface area contributed by atoms with Crippen LogP contribution in [0.1, 0.15) is 39.0 Å². The maximum atomic E-state index is 10.9. The van der Waals surface area contributed by atoms with Crippen LogP contribution >= 0.6 is 0 Å². The Labute approximate surface area is 74.7 Å². The molecule has 72 valence electrons. The van der Waals surface area contributed by atoms with Crippen LogP contribution in [0.4, 0.5) is 0 Å². The molecular weight excluding hydrogens is 152 g/mol. The normalized spacial score (nSPS) is 12.6. The summed E-state index contributed by atoms with van der Waals surface area (Å²) in [6.45, 7) is 2.16. The molecule has 0 aromatic rings. The summed E-state index contributed by atoms with van der Waals surface area (Å²) >= 11 is 0. The molecule has 0 aliphatic heterocycles. The molecule has 0 aliphatic carbocycles. The maximum Gasteiger partial charge on any atom is 0.221 e. The molecule has 0 aliphatic rings. The first kappa shape index (κ1) is 11.4. The standard InChI is InChI=1S/C9H20N2O/c1-3-4-5-6-8(10)7-9(12)11-2/h8H,3-7,10H2,1-2H3,(H,11,12). The third kappa shape index (κ3) is 6.16. The molecule has 12 heavy (non-hydrogen) atoms. The van der Waals surface area contributed by atoms with Crippen LogP contribution in [0.5, 0.6) is 0 Å². The van der Waals surface area contributed by atoms with Gasteiger partial charge in [-0.1, -0.05) is 26.2 Å². The van der Waals surface area contributed by atoms with Crippen LogP contribution in [0.15, 0.2) is 0 Å². The van der Waals surface area contributed by atoms with Crippen LogP contribution in [0.3, 0.4) is 0 Å². The number of nitrogens with two attached hydrogens (primary N) is 1. The molecule has 0 saturated heterocycles. The lowest BCUT2D eigenvalue weighted by molar-refractivity contribution is -0.120. The predicted octanol–water partition coefficient (Wildman–Crippen LogP) is 1.03. The first-order valence-corrected chi connectivity index (χ1v) is 4.66. The largest absolute Gasteiger partial charge is 0.359 e. The van der Waals surface area contributed by atoms with Crippen molar-refractivity contribution in [1.82, 2.24) is 5.32 Å². The number of hydrogen-bond donors (Lipinski definition) is 2. The molecule has 0 rings (SSSR count). The Kier molecular flexibility index (Phi) is 6.76. The van der Waals surface area contributed by atoms with E-state index in [1.165, 1.54) is 12.8 Å². The zero-order chi connectivity index (χ0) is 9.40. The first-order valence-electron chi connectivity index (χ1n) is 4.66. The van der Waals surface area contributed by atoms with Crippen molar-refractivity contribution in [3.8, 4) is 0 Å². The molecule has 0 radical (unpaired) electrons. The molecule has 1 unspecified atom stereocenters. The lowest BCUT2D eigenvalue weighted by Gasteiger charge is -2.09. The van der Waals surface area contributed by atoms with E-state index in [2.05, 4.69) is 12.2 Å². The van der Waals surface area contributed by atoms with Gasteiger partial charge in [-0.3, -0.25) is 4.79 Å². The lowest BCUT2D eigenvalue weighted by atomic mass is 10.1. The molecule has 0 bridgehead atoms. The second kappa shape index (κ2) is 7.10. The molecule has 0 aromatic carbocycles. The highest BCUT2D eigenvalue weighted by molar-refractivity contribution is 5.76. The summed E-state index contributed by atoms with van der Waals surface area (Å²) in [7, 11) is 1.64. The van der Waals surface area contributed by atoms with Crippen molar-refractivity contribution in [1.29, 1.82) is 0 Å². The van der Waals surface area contributed by atoms with Crippen LogP contribution in [-0.2, 0) is 4.79 Å². The Morgan fingerprint density at radius 1 is 1.50 bits per heavy atom. The smallest absolute Gasteiger partial charge is 0.221 e. The molecule has 0 saturated carbocycles. The minimum absolute atomic E-state index is 0.0384. The predicted molar refractivity (Wildman–Crippen MR) is 50.8 cm³/mol. The van der Waals surface area contributed by atoms with Gasteiger partial charge in [0.2, 0.25) is 5.91 Å². The summed E-state index contributed by atoms with van der Waals surface area (Å²) in [6.07, 6.45) is 4.96. The third-order valence-corrected chi connectivity index (χ3v) is 1.90. The number of hydrogen-bond acceptors (Lipinski definition) is 2. The maximum absolute atomic E-state index is 10.9. The van der Waals surface area contributed by atoms with Gasteiger partial charge in [0.25, 0.3) is 0 Å². The van der Waals surface area contributed by atoms with E-state index in [-0.39, 0.29) is 11.9 Å². The molecule has 0 heterocycles. The van der Waals surface area contributed by atoms with Gasteiger partial charge in [-0.15, -0.1) is 0 Å². The topological polar surface area (TPSA) is 55.1 Å². The van der Waals surface area contributed by atoms with E-state index in [1.54, 1.807) is 7.05 Å². The number of carbonyl (C=O) groups is 1. The van der Waals surface area contributed by atoms with Gasteiger partial charge in [0.1, 0.15) is 0 Å². The zero-order valence-corrected chi connectivity index (χ0v) is 8.10. The molecule has 1 atom stereocenters. The summed E-state index contributed by atoms with van der Waals surface area (Å²) in [5.74, 6) is 0.0407. The SMILES string of the molecule is CCCCCC(N)CC(=O)NC. The van der Waals surface area contributed by atoms with Crippen molar-refractivity contribution < 1.29 is 4.79 Å². The second-order valence-corrected chi connectivity index (χ2v) is 3.13. The average molecular weight is 172 g/mol. The lowest BCUT2D eigenvalue weighted by Crippen LogP contribution is -2.29. The Balaban J connectivity index is 3.32. The quantitative estimate of drug-likeness (QED) is 0.588. The van der Waals surface area contributed by atoms with Crippen molar-refractivity contribution in [2.75, 3.05) is 7.05 Å². The van der Waals surface area contributed by atoms with E-state index >= 15 is 0 Å². The Morgan fingerprint density at radius 3 is 2.67 bits per heavy atom. The van der Waals surface area contributed by atoms with Crippen molar-refractivity contribution in [2.45, 2.75) is 45.1 Å². The van der Waals surface area contributed by atoms with Gasteiger partial charge in [0.15, 0.2) is 0 Å². The van der Waals surface area contributed by atoms with Gasteiger partial charge in [-0.2, -0.15) is 0 Å². The van der Waals surface area contributed by atoms with Crippen molar-refractivity contribution in [2.24, 2.45) is 5.73 Å². The summed E-state index contributed by atoms with van der Waals surface area (Å²) in [5, 5.41) is 2.57. The van der Waals surface area contributed by atoms with Gasteiger partial charge >= 0.3 is 0 Å². The fraction of sp³-hybridized carbons (Fsp3) is 0.889. The molecule has 0 aromatic heterocycles. The van der Waals surface area contributed by atoms with E-state index in [9.17, 15) is 4.79 Å². The van der Waals surface area contributed by atoms with Gasteiger partial charge in [-0.05, 0) is 6.42 Å². The molecule has 3 nitrogen and oxygen atoms in total. The van der Waals surface area contributed by atoms with Crippen LogP contribution in [0, 0.1) is 0 Å². The minimum Gasteiger partial charge on any atom is -0.359 e. The molecular formula is C9H20N2O. The van der Waals surface area contributed by atoms with Gasteiger partial charge < -0.3 is 11.1 Å². The van der Waals surface area contributed by atoms with Crippen molar-refractivity contribution in [3.05, 3.63) is 0 Å². The molecule has 0 spiro atoms. The van der Waals surface area contributed by atoms with E-state index in [0.717, 1.165) is 12.8 Å². The zero-order valence-electron chi connectivity index (χ0n) is 8.10. The molecule has 1 amide bonds. The average Bonchev–Trinajstić information content (AvgIpc) is 2.05. The first-order chi connectivity index (χ1) is 5.70. The highest BCUT2D eigenvalue weighted by atomic mass is 16.1. The van der Waals surface area contributed by atoms with Crippen molar-refractivity contribution >= 4 is 5.91 Å². The van der Waals surface area contributed by atoms with E-state index in [0.29, 0.717) is 6.42 Å². The van der Waals surface area contributed by atoms with E-state index < -0.39 is 0 Å². The number of nitrogens with one attached hydrogen (secondary N) is 1. The number of amides is 1. The van der Waals surface area contributed by atoms with Crippen LogP contribution in [0.2, 0.25) is 0 Å². The third-order valence-electron chi connectivity index (χ3n) is 1.90. The Morgan fingerprint density at radius 2 is 2.17 bits per heavy atom. The minimum atomic E-state index is 0.0384. The van der Waals surface area contributed by atoms with Gasteiger partial charge in [0.05, 0.1) is 0 Å². The fourth-order valence-electron chi connectivity index (χ4n) is 1.10. The summed E-state index contributed by atoms with van der Waals surface area (Å²) in [4.78, 5) is 10.9. The number of unbranched alkanes of at least 4 members (excludes halogenated alkanes) is 2. The van der Waals surface area contributed by atoms with Gasteiger partial charge in [-0.25, -0.2) is 0 Å². The Hall–Kier alpha value is -0.570. The second-order valence-electron chi connectivity index (χ2n) is 3.13. The van der Waals surface area contributed by atoms with Gasteiger partial charge in [0, 0.05) is 19.5 Å². The van der Waals surface area contributed by atoms with Crippen molar-refractivity contribution in [3.63, 3.8) is 0 Å². The highest BCUT2D eigenvalue weighted by Gasteiger charge is 2.06. The van der Waals surface area contributed by atoms with Crippen LogP contribution in [0.25, 0.3) is 0 Å². The summed E-state index contributed by atoms with van der Waals surface area (Å²) < 4.78 is 0. The molecule has 3 heteroatoms. The highest BCUT2D eigenvalue weighted by Crippen LogP contribution is 2.03. The van der Waals surface area contributed by atoms with E-state index in [1.807, 2.05) is 0 Å². The molecule has 0 fully saturated rings. The number of carbonyl (C=O) groups excluding carboxylic acids is 1. The molecule has 3 N–H and O–H groups in total. The monoisotopic (exact) mass is 172 g/mol.